The van der Waals surface area contributed by atoms with Gasteiger partial charge in [-0.25, -0.2) is 9.59 Å². The highest BCUT2D eigenvalue weighted by Crippen LogP contribution is 2.17. The molecule has 0 bridgehead atoms. The smallest absolute Gasteiger partial charge is 0.408 e. The maximum atomic E-state index is 12.7. The van der Waals surface area contributed by atoms with E-state index in [1.165, 1.54) is 0 Å². The maximum absolute atomic E-state index is 12.7. The van der Waals surface area contributed by atoms with Gasteiger partial charge < -0.3 is 25.0 Å². The number of carbonyl (C=O) groups is 3. The molecule has 28 heavy (non-hydrogen) atoms. The van der Waals surface area contributed by atoms with Crippen molar-refractivity contribution in [2.24, 2.45) is 0 Å². The Morgan fingerprint density at radius 2 is 1.61 bits per heavy atom. The minimum Gasteiger partial charge on any atom is -0.444 e. The van der Waals surface area contributed by atoms with Crippen LogP contribution in [-0.4, -0.2) is 65.0 Å². The van der Waals surface area contributed by atoms with Crippen molar-refractivity contribution < 1.29 is 23.9 Å². The van der Waals surface area contributed by atoms with Crippen molar-refractivity contribution >= 4 is 29.9 Å². The van der Waals surface area contributed by atoms with Crippen LogP contribution in [0, 0.1) is 0 Å². The van der Waals surface area contributed by atoms with Crippen LogP contribution in [0.2, 0.25) is 0 Å². The first-order valence-corrected chi connectivity index (χ1v) is 10.9. The van der Waals surface area contributed by atoms with Crippen molar-refractivity contribution in [3.63, 3.8) is 0 Å². The van der Waals surface area contributed by atoms with E-state index in [1.807, 2.05) is 20.8 Å². The zero-order valence-corrected chi connectivity index (χ0v) is 18.7. The highest BCUT2D eigenvalue weighted by Gasteiger charge is 2.29. The summed E-state index contributed by atoms with van der Waals surface area (Å²) >= 11 is 1.70. The third kappa shape index (κ3) is 10.6. The van der Waals surface area contributed by atoms with Gasteiger partial charge in [0.15, 0.2) is 0 Å². The quantitative estimate of drug-likeness (QED) is 0.618. The first kappa shape index (κ1) is 24.4. The summed E-state index contributed by atoms with van der Waals surface area (Å²) in [6.45, 7) is 11.9. The van der Waals surface area contributed by atoms with Crippen molar-refractivity contribution in [1.82, 2.24) is 15.5 Å². The normalized spacial score (nSPS) is 15.7. The van der Waals surface area contributed by atoms with Gasteiger partial charge in [0.05, 0.1) is 5.88 Å². The lowest BCUT2D eigenvalue weighted by Crippen LogP contribution is -2.49. The molecular formula is C19H35N3O5S. The van der Waals surface area contributed by atoms with Gasteiger partial charge in [-0.3, -0.25) is 4.79 Å². The van der Waals surface area contributed by atoms with Crippen LogP contribution in [0.3, 0.4) is 0 Å². The molecule has 0 spiro atoms. The lowest BCUT2D eigenvalue weighted by Gasteiger charge is -2.26. The molecule has 9 heteroatoms. The van der Waals surface area contributed by atoms with Gasteiger partial charge in [0.1, 0.15) is 17.2 Å². The van der Waals surface area contributed by atoms with E-state index in [-0.39, 0.29) is 5.91 Å². The summed E-state index contributed by atoms with van der Waals surface area (Å²) in [7, 11) is 0. The fourth-order valence-corrected chi connectivity index (χ4v) is 3.45. The summed E-state index contributed by atoms with van der Waals surface area (Å²) in [6, 6.07) is -0.630. The van der Waals surface area contributed by atoms with Crippen LogP contribution in [0.1, 0.15) is 60.8 Å². The van der Waals surface area contributed by atoms with Crippen LogP contribution in [0.15, 0.2) is 0 Å². The fourth-order valence-electron chi connectivity index (χ4n) is 2.49. The average Bonchev–Trinajstić information content (AvgIpc) is 3.03. The van der Waals surface area contributed by atoms with E-state index >= 15 is 0 Å². The second-order valence-corrected chi connectivity index (χ2v) is 9.84. The summed E-state index contributed by atoms with van der Waals surface area (Å²) in [5.41, 5.74) is -1.16. The fraction of sp³-hybridized carbons (Fsp3) is 0.842. The summed E-state index contributed by atoms with van der Waals surface area (Å²) in [6.07, 6.45) is 0.775. The van der Waals surface area contributed by atoms with Crippen molar-refractivity contribution in [1.29, 1.82) is 0 Å². The molecule has 1 atom stereocenters. The Morgan fingerprint density at radius 3 is 2.14 bits per heavy atom. The van der Waals surface area contributed by atoms with E-state index < -0.39 is 29.4 Å². The number of carbonyl (C=O) groups excluding carboxylic acids is 3. The zero-order chi connectivity index (χ0) is 21.4. The molecule has 1 saturated heterocycles. The van der Waals surface area contributed by atoms with Crippen LogP contribution < -0.4 is 10.6 Å². The number of thioether (sulfide) groups is 1. The van der Waals surface area contributed by atoms with Gasteiger partial charge in [-0.15, -0.1) is 11.8 Å². The molecule has 1 fully saturated rings. The number of nitrogens with one attached hydrogen (secondary N) is 2. The lowest BCUT2D eigenvalue weighted by molar-refractivity contribution is -0.132. The molecule has 0 aromatic carbocycles. The molecule has 0 aromatic rings. The highest BCUT2D eigenvalue weighted by molar-refractivity contribution is 7.99. The monoisotopic (exact) mass is 417 g/mol. The zero-order valence-electron chi connectivity index (χ0n) is 17.9. The summed E-state index contributed by atoms with van der Waals surface area (Å²) in [4.78, 5) is 38.2. The number of ether oxygens (including phenoxy) is 2. The molecule has 0 radical (unpaired) electrons. The van der Waals surface area contributed by atoms with Gasteiger partial charge in [-0.1, -0.05) is 0 Å². The van der Waals surface area contributed by atoms with Crippen molar-refractivity contribution in [2.45, 2.75) is 78.0 Å². The van der Waals surface area contributed by atoms with Gasteiger partial charge in [-0.2, -0.15) is 0 Å². The minimum absolute atomic E-state index is 0.0871. The number of nitrogens with zero attached hydrogens (tertiary/aromatic N) is 1. The minimum atomic E-state index is -0.630. The highest BCUT2D eigenvalue weighted by atomic mass is 32.2. The summed E-state index contributed by atoms with van der Waals surface area (Å²) in [5.74, 6) is 1.46. The van der Waals surface area contributed by atoms with Crippen molar-refractivity contribution in [3.8, 4) is 0 Å². The largest absolute Gasteiger partial charge is 0.444 e. The molecule has 1 rings (SSSR count). The van der Waals surface area contributed by atoms with Crippen molar-refractivity contribution in [3.05, 3.63) is 0 Å². The Labute approximate surface area is 172 Å². The second-order valence-electron chi connectivity index (χ2n) is 8.76. The maximum Gasteiger partial charge on any atom is 0.408 e. The van der Waals surface area contributed by atoms with E-state index in [1.54, 1.807) is 37.4 Å². The molecule has 162 valence electrons. The van der Waals surface area contributed by atoms with Crippen LogP contribution in [0.4, 0.5) is 9.59 Å². The average molecular weight is 418 g/mol. The Kier molecular flexibility index (Phi) is 9.39. The molecule has 8 nitrogen and oxygen atoms in total. The third-order valence-electron chi connectivity index (χ3n) is 3.64. The predicted octanol–water partition coefficient (Wildman–Crippen LogP) is 3.11. The summed E-state index contributed by atoms with van der Waals surface area (Å²) < 4.78 is 10.5. The van der Waals surface area contributed by atoms with E-state index in [0.29, 0.717) is 38.2 Å². The number of amides is 3. The molecule has 0 aromatic heterocycles. The van der Waals surface area contributed by atoms with E-state index in [0.717, 1.165) is 5.75 Å². The lowest BCUT2D eigenvalue weighted by atomic mass is 10.1. The molecule has 1 heterocycles. The summed E-state index contributed by atoms with van der Waals surface area (Å²) in [5, 5.41) is 5.40. The van der Waals surface area contributed by atoms with Gasteiger partial charge >= 0.3 is 12.2 Å². The predicted molar refractivity (Wildman–Crippen MR) is 110 cm³/mol. The first-order chi connectivity index (χ1) is 12.9. The van der Waals surface area contributed by atoms with Crippen LogP contribution >= 0.6 is 11.8 Å². The Hall–Kier alpha value is -1.64. The number of rotatable bonds is 7. The number of hydrogen-bond acceptors (Lipinski definition) is 6. The molecule has 1 aliphatic heterocycles. The van der Waals surface area contributed by atoms with E-state index in [9.17, 15) is 14.4 Å². The SMILES string of the molecule is CC(C)(C)OC(=O)NCCCC[C@H](NC(=O)OC(C)(C)C)C(=O)N1CCSC1. The number of hydrogen-bond donors (Lipinski definition) is 2. The third-order valence-corrected chi connectivity index (χ3v) is 4.61. The van der Waals surface area contributed by atoms with Gasteiger partial charge in [0.25, 0.3) is 0 Å². The van der Waals surface area contributed by atoms with Crippen LogP contribution in [0.5, 0.6) is 0 Å². The topological polar surface area (TPSA) is 97.0 Å². The molecule has 0 saturated carbocycles. The molecule has 2 N–H and O–H groups in total. The second kappa shape index (κ2) is 10.8. The van der Waals surface area contributed by atoms with Crippen LogP contribution in [0.25, 0.3) is 0 Å². The number of alkyl carbamates (subject to hydrolysis) is 2. The van der Waals surface area contributed by atoms with Gasteiger partial charge in [0, 0.05) is 18.8 Å². The standard InChI is InChI=1S/C19H35N3O5S/c1-18(2,3)26-16(24)20-10-8-7-9-14(15(23)22-11-12-28-13-22)21-17(25)27-19(4,5)6/h14H,7-13H2,1-6H3,(H,20,24)(H,21,25)/t14-/m0/s1. The van der Waals surface area contributed by atoms with Gasteiger partial charge in [-0.05, 0) is 60.8 Å². The van der Waals surface area contributed by atoms with Crippen LogP contribution in [-0.2, 0) is 14.3 Å². The Balaban J connectivity index is 2.47. The molecule has 0 unspecified atom stereocenters. The molecule has 0 aliphatic carbocycles. The molecule has 3 amide bonds. The van der Waals surface area contributed by atoms with E-state index in [4.69, 9.17) is 9.47 Å². The molecule has 1 aliphatic rings. The van der Waals surface area contributed by atoms with E-state index in [2.05, 4.69) is 10.6 Å². The number of unbranched alkanes of at least 4 members (excludes halogenated alkanes) is 1. The Bertz CT molecular complexity index is 537. The van der Waals surface area contributed by atoms with Crippen molar-refractivity contribution in [2.75, 3.05) is 24.7 Å². The first-order valence-electron chi connectivity index (χ1n) is 9.70. The Morgan fingerprint density at radius 1 is 1.00 bits per heavy atom. The molecular weight excluding hydrogens is 382 g/mol. The van der Waals surface area contributed by atoms with Gasteiger partial charge in [0.2, 0.25) is 5.91 Å².